The lowest BCUT2D eigenvalue weighted by Gasteiger charge is -2.33. The summed E-state index contributed by atoms with van der Waals surface area (Å²) >= 11 is 1.90. The largest absolute Gasteiger partial charge is 0.309 e. The zero-order chi connectivity index (χ0) is 50.5. The molecule has 1 nitrogen and oxygen atoms in total. The highest BCUT2D eigenvalue weighted by atomic mass is 32.1. The van der Waals surface area contributed by atoms with Crippen LogP contribution >= 0.6 is 11.3 Å². The van der Waals surface area contributed by atoms with E-state index >= 15 is 0 Å². The summed E-state index contributed by atoms with van der Waals surface area (Å²) in [4.78, 5) is 2.59. The van der Waals surface area contributed by atoms with Crippen LogP contribution in [0.3, 0.4) is 0 Å². The van der Waals surface area contributed by atoms with Gasteiger partial charge in [-0.1, -0.05) is 237 Å². The molecular weight excluding hydrogens is 911 g/mol. The van der Waals surface area contributed by atoms with Crippen LogP contribution in [0.5, 0.6) is 0 Å². The number of fused-ring (bicyclic) bond motifs is 16. The number of hydrogen-bond acceptors (Lipinski definition) is 2. The maximum atomic E-state index is 2.59. The van der Waals surface area contributed by atoms with Gasteiger partial charge < -0.3 is 4.90 Å². The molecule has 0 radical (unpaired) electrons. The fourth-order valence-electron chi connectivity index (χ4n) is 13.4. The average molecular weight is 970 g/mol. The van der Waals surface area contributed by atoms with Crippen LogP contribution in [0.4, 0.5) is 17.1 Å². The van der Waals surface area contributed by atoms with Crippen molar-refractivity contribution in [2.45, 2.75) is 77.0 Å². The Kier molecular flexibility index (Phi) is 9.62. The van der Waals surface area contributed by atoms with Crippen LogP contribution in [-0.2, 0) is 21.7 Å². The van der Waals surface area contributed by atoms with Gasteiger partial charge in [0.05, 0.1) is 16.8 Å². The van der Waals surface area contributed by atoms with Gasteiger partial charge in [0.1, 0.15) is 0 Å². The molecule has 1 heterocycles. The third-order valence-corrected chi connectivity index (χ3v) is 18.3. The number of benzene rings is 10. The van der Waals surface area contributed by atoms with Crippen LogP contribution < -0.4 is 4.90 Å². The maximum Gasteiger partial charge on any atom is 0.0725 e. The fraction of sp³-hybridized carbons (Fsp3) is 0.167. The minimum absolute atomic E-state index is 0.0233. The van der Waals surface area contributed by atoms with Gasteiger partial charge in [0.2, 0.25) is 0 Å². The van der Waals surface area contributed by atoms with Crippen LogP contribution in [0.2, 0.25) is 0 Å². The van der Waals surface area contributed by atoms with E-state index in [-0.39, 0.29) is 16.2 Å². The number of hydrogen-bond donors (Lipinski definition) is 0. The standard InChI is InChI=1S/C72H59NS/c1-69(2,3)44-35-38-48-49-39-36-45(70(4,5)6)42-63(49)72(62(48)41-44)59-30-15-9-21-47(59)57-43-46(37-40-60(57)72)73(65-33-17-12-23-51(65)54-27-19-28-55-52-24-13-18-34-66(52)74-68(54)55)64-32-16-11-22-50(64)53-26-20-31-61-67(53)56-25-10-14-29-58(56)71(61,7)8/h9-43H,1-8H3. The van der Waals surface area contributed by atoms with E-state index in [1.165, 1.54) is 120 Å². The zero-order valence-electron chi connectivity index (χ0n) is 43.6. The van der Waals surface area contributed by atoms with Crippen molar-refractivity contribution in [3.05, 3.63) is 257 Å². The van der Waals surface area contributed by atoms with E-state index in [9.17, 15) is 0 Å². The quantitative estimate of drug-likeness (QED) is 0.166. The Balaban J connectivity index is 1.06. The minimum Gasteiger partial charge on any atom is -0.309 e. The first-order chi connectivity index (χ1) is 35.7. The summed E-state index contributed by atoms with van der Waals surface area (Å²) in [6, 6.07) is 81.5. The maximum absolute atomic E-state index is 2.59. The molecule has 0 N–H and O–H groups in total. The van der Waals surface area contributed by atoms with Crippen molar-refractivity contribution in [1.29, 1.82) is 0 Å². The van der Waals surface area contributed by atoms with Gasteiger partial charge in [-0.2, -0.15) is 0 Å². The molecular formula is C72H59NS. The number of rotatable bonds is 5. The predicted molar refractivity (Wildman–Crippen MR) is 316 cm³/mol. The van der Waals surface area contributed by atoms with Crippen molar-refractivity contribution in [3.63, 3.8) is 0 Å². The molecule has 1 spiro atoms. The van der Waals surface area contributed by atoms with Crippen LogP contribution in [0.15, 0.2) is 212 Å². The normalized spacial score (nSPS) is 14.4. The first kappa shape index (κ1) is 44.9. The fourth-order valence-corrected chi connectivity index (χ4v) is 14.6. The van der Waals surface area contributed by atoms with E-state index in [1.807, 2.05) is 11.3 Å². The molecule has 11 aromatic rings. The third kappa shape index (κ3) is 6.28. The number of nitrogens with zero attached hydrogens (tertiary/aromatic N) is 1. The highest BCUT2D eigenvalue weighted by molar-refractivity contribution is 7.26. The first-order valence-electron chi connectivity index (χ1n) is 26.4. The monoisotopic (exact) mass is 969 g/mol. The van der Waals surface area contributed by atoms with Crippen LogP contribution in [0.1, 0.15) is 99.9 Å². The molecule has 0 aliphatic heterocycles. The van der Waals surface area contributed by atoms with Crippen molar-refractivity contribution in [2.24, 2.45) is 0 Å². The molecule has 358 valence electrons. The summed E-state index contributed by atoms with van der Waals surface area (Å²) in [5, 5.41) is 2.60. The molecule has 3 aliphatic carbocycles. The van der Waals surface area contributed by atoms with Crippen LogP contribution in [0, 0.1) is 0 Å². The number of thiophene rings is 1. The van der Waals surface area contributed by atoms with E-state index in [0.717, 1.165) is 17.1 Å². The predicted octanol–water partition coefficient (Wildman–Crippen LogP) is 20.1. The van der Waals surface area contributed by atoms with Crippen molar-refractivity contribution in [1.82, 2.24) is 0 Å². The molecule has 2 heteroatoms. The summed E-state index contributed by atoms with van der Waals surface area (Å²) in [7, 11) is 0. The lowest BCUT2D eigenvalue weighted by atomic mass is 9.69. The lowest BCUT2D eigenvalue weighted by molar-refractivity contribution is 0.586. The molecule has 3 aliphatic rings. The molecule has 0 saturated heterocycles. The van der Waals surface area contributed by atoms with E-state index in [4.69, 9.17) is 0 Å². The van der Waals surface area contributed by atoms with E-state index < -0.39 is 5.41 Å². The molecule has 0 saturated carbocycles. The van der Waals surface area contributed by atoms with Gasteiger partial charge in [0, 0.05) is 48.0 Å². The molecule has 0 amide bonds. The summed E-state index contributed by atoms with van der Waals surface area (Å²) in [5.74, 6) is 0. The molecule has 74 heavy (non-hydrogen) atoms. The van der Waals surface area contributed by atoms with Gasteiger partial charge in [-0.25, -0.2) is 0 Å². The molecule has 10 aromatic carbocycles. The summed E-state index contributed by atoms with van der Waals surface area (Å²) < 4.78 is 2.61. The molecule has 0 bridgehead atoms. The smallest absolute Gasteiger partial charge is 0.0725 e. The van der Waals surface area contributed by atoms with E-state index in [0.29, 0.717) is 0 Å². The molecule has 0 fully saturated rings. The highest BCUT2D eigenvalue weighted by Gasteiger charge is 2.52. The lowest BCUT2D eigenvalue weighted by Crippen LogP contribution is -2.27. The van der Waals surface area contributed by atoms with Gasteiger partial charge in [-0.05, 0) is 125 Å². The Morgan fingerprint density at radius 1 is 0.351 bits per heavy atom. The van der Waals surface area contributed by atoms with Gasteiger partial charge in [-0.3, -0.25) is 0 Å². The van der Waals surface area contributed by atoms with E-state index in [1.54, 1.807) is 0 Å². The molecule has 0 atom stereocenters. The molecule has 14 rings (SSSR count). The minimum atomic E-state index is -0.500. The van der Waals surface area contributed by atoms with Crippen molar-refractivity contribution in [3.8, 4) is 55.6 Å². The highest BCUT2D eigenvalue weighted by Crippen LogP contribution is 2.65. The summed E-state index contributed by atoms with van der Waals surface area (Å²) in [6.07, 6.45) is 0. The summed E-state index contributed by atoms with van der Waals surface area (Å²) in [5.41, 5.74) is 26.4. The average Bonchev–Trinajstić information content (AvgIpc) is 4.14. The Bertz CT molecular complexity index is 4080. The summed E-state index contributed by atoms with van der Waals surface area (Å²) in [6.45, 7) is 18.8. The number of anilines is 3. The first-order valence-corrected chi connectivity index (χ1v) is 27.2. The topological polar surface area (TPSA) is 3.24 Å². The van der Waals surface area contributed by atoms with Gasteiger partial charge in [0.25, 0.3) is 0 Å². The third-order valence-electron chi connectivity index (χ3n) is 17.0. The zero-order valence-corrected chi connectivity index (χ0v) is 44.4. The van der Waals surface area contributed by atoms with Crippen LogP contribution in [-0.4, -0.2) is 0 Å². The van der Waals surface area contributed by atoms with Crippen molar-refractivity contribution in [2.75, 3.05) is 4.90 Å². The Labute approximate surface area is 440 Å². The Morgan fingerprint density at radius 2 is 0.838 bits per heavy atom. The second kappa shape index (κ2) is 15.9. The molecule has 1 aromatic heterocycles. The van der Waals surface area contributed by atoms with E-state index in [2.05, 4.69) is 273 Å². The van der Waals surface area contributed by atoms with Gasteiger partial charge in [-0.15, -0.1) is 11.3 Å². The van der Waals surface area contributed by atoms with Crippen molar-refractivity contribution < 1.29 is 0 Å². The SMILES string of the molecule is CC(C)(C)c1ccc2c(c1)C1(c3ccccc3-c3cc(N(c4ccccc4-c4cccc5c4-c4ccccc4C5(C)C)c4ccccc4-c4cccc5c4sc4ccccc45)ccc31)c1cc(C(C)(C)C)ccc1-2. The Hall–Kier alpha value is -7.78. The van der Waals surface area contributed by atoms with Gasteiger partial charge >= 0.3 is 0 Å². The van der Waals surface area contributed by atoms with Gasteiger partial charge in [0.15, 0.2) is 0 Å². The Morgan fingerprint density at radius 3 is 1.51 bits per heavy atom. The second-order valence-electron chi connectivity index (χ2n) is 23.6. The van der Waals surface area contributed by atoms with Crippen molar-refractivity contribution >= 4 is 48.6 Å². The second-order valence-corrected chi connectivity index (χ2v) is 24.6. The molecule has 0 unspecified atom stereocenters. The number of para-hydroxylation sites is 2. The van der Waals surface area contributed by atoms with Crippen LogP contribution in [0.25, 0.3) is 75.8 Å².